The summed E-state index contributed by atoms with van der Waals surface area (Å²) in [6.45, 7) is 1.98. The van der Waals surface area contributed by atoms with Gasteiger partial charge in [-0.3, -0.25) is 0 Å². The third-order valence-corrected chi connectivity index (χ3v) is 0.749. The molecule has 7 heavy (non-hydrogen) atoms. The van der Waals surface area contributed by atoms with E-state index in [9.17, 15) is 0 Å². The highest BCUT2D eigenvalue weighted by Crippen LogP contribution is 1.77. The van der Waals surface area contributed by atoms with Crippen LogP contribution in [0.4, 0.5) is 0 Å². The number of hydrogen-bond acceptors (Lipinski definition) is 3. The molecule has 0 saturated heterocycles. The molecule has 4 N–H and O–H groups in total. The van der Waals surface area contributed by atoms with E-state index in [4.69, 9.17) is 11.6 Å². The van der Waals surface area contributed by atoms with E-state index in [1.54, 1.807) is 0 Å². The Balaban J connectivity index is 3.16. The van der Waals surface area contributed by atoms with Gasteiger partial charge in [-0.05, 0) is 6.42 Å². The second-order valence-electron chi connectivity index (χ2n) is 1.37. The first-order valence-electron chi connectivity index (χ1n) is 2.30. The molecule has 3 nitrogen and oxygen atoms in total. The SMILES string of the molecule is CCC(N)/C=N\N. The second kappa shape index (κ2) is 3.61. The van der Waals surface area contributed by atoms with Crippen molar-refractivity contribution in [1.82, 2.24) is 0 Å². The van der Waals surface area contributed by atoms with Gasteiger partial charge >= 0.3 is 0 Å². The van der Waals surface area contributed by atoms with Gasteiger partial charge in [0.1, 0.15) is 0 Å². The third kappa shape index (κ3) is 3.26. The molecule has 1 unspecified atom stereocenters. The van der Waals surface area contributed by atoms with E-state index in [1.807, 2.05) is 6.92 Å². The van der Waals surface area contributed by atoms with Gasteiger partial charge in [-0.2, -0.15) is 5.10 Å². The molecule has 0 aromatic carbocycles. The second-order valence-corrected chi connectivity index (χ2v) is 1.37. The van der Waals surface area contributed by atoms with Crippen LogP contribution < -0.4 is 11.6 Å². The Morgan fingerprint density at radius 2 is 2.43 bits per heavy atom. The number of rotatable bonds is 2. The van der Waals surface area contributed by atoms with Crippen LogP contribution >= 0.6 is 0 Å². The Morgan fingerprint density at radius 3 is 2.57 bits per heavy atom. The molecule has 0 aromatic rings. The fraction of sp³-hybridized carbons (Fsp3) is 0.750. The third-order valence-electron chi connectivity index (χ3n) is 0.749. The average Bonchev–Trinajstić information content (AvgIpc) is 1.68. The fourth-order valence-corrected chi connectivity index (χ4v) is 0.216. The number of hydrogen-bond donors (Lipinski definition) is 2. The van der Waals surface area contributed by atoms with Gasteiger partial charge in [0.05, 0.1) is 0 Å². The molecule has 0 saturated carbocycles. The first-order chi connectivity index (χ1) is 3.31. The van der Waals surface area contributed by atoms with Crippen LogP contribution in [0.3, 0.4) is 0 Å². The van der Waals surface area contributed by atoms with Gasteiger partial charge in [-0.15, -0.1) is 0 Å². The summed E-state index contributed by atoms with van der Waals surface area (Å²) in [5, 5.41) is 3.26. The molecule has 0 heterocycles. The minimum Gasteiger partial charge on any atom is -0.324 e. The van der Waals surface area contributed by atoms with Crippen LogP contribution in [0.2, 0.25) is 0 Å². The molecule has 0 aliphatic rings. The average molecular weight is 101 g/mol. The van der Waals surface area contributed by atoms with Crippen molar-refractivity contribution in [2.45, 2.75) is 19.4 Å². The van der Waals surface area contributed by atoms with E-state index in [0.29, 0.717) is 0 Å². The lowest BCUT2D eigenvalue weighted by Crippen LogP contribution is -2.20. The molecule has 0 fully saturated rings. The summed E-state index contributed by atoms with van der Waals surface area (Å²) in [6.07, 6.45) is 2.42. The maximum absolute atomic E-state index is 5.35. The first-order valence-corrected chi connectivity index (χ1v) is 2.30. The Kier molecular flexibility index (Phi) is 3.32. The van der Waals surface area contributed by atoms with Crippen LogP contribution in [0, 0.1) is 0 Å². The fourth-order valence-electron chi connectivity index (χ4n) is 0.216. The lowest BCUT2D eigenvalue weighted by Gasteiger charge is -1.95. The molecule has 0 aliphatic carbocycles. The van der Waals surface area contributed by atoms with Gasteiger partial charge in [0, 0.05) is 12.3 Å². The molecule has 0 spiro atoms. The molecule has 0 aromatic heterocycles. The summed E-state index contributed by atoms with van der Waals surface area (Å²) in [7, 11) is 0. The summed E-state index contributed by atoms with van der Waals surface area (Å²) in [6, 6.07) is 0.0324. The van der Waals surface area contributed by atoms with Gasteiger partial charge in [0.25, 0.3) is 0 Å². The largest absolute Gasteiger partial charge is 0.324 e. The summed E-state index contributed by atoms with van der Waals surface area (Å²) >= 11 is 0. The predicted molar refractivity (Wildman–Crippen MR) is 30.9 cm³/mol. The minimum absolute atomic E-state index is 0.0324. The molecule has 0 amide bonds. The number of nitrogens with two attached hydrogens (primary N) is 2. The molecule has 0 rings (SSSR count). The van der Waals surface area contributed by atoms with Crippen molar-refractivity contribution in [3.05, 3.63) is 0 Å². The quantitative estimate of drug-likeness (QED) is 0.284. The standard InChI is InChI=1S/C4H11N3/c1-2-4(5)3-7-6/h3-4H,2,5-6H2,1H3/b7-3-. The zero-order valence-electron chi connectivity index (χ0n) is 4.46. The van der Waals surface area contributed by atoms with Crippen molar-refractivity contribution in [3.8, 4) is 0 Å². The van der Waals surface area contributed by atoms with Gasteiger partial charge in [-0.25, -0.2) is 0 Å². The van der Waals surface area contributed by atoms with Crippen molar-refractivity contribution in [3.63, 3.8) is 0 Å². The van der Waals surface area contributed by atoms with E-state index in [-0.39, 0.29) is 6.04 Å². The molecular weight excluding hydrogens is 90.1 g/mol. The molecular formula is C4H11N3. The van der Waals surface area contributed by atoms with Crippen molar-refractivity contribution in [2.75, 3.05) is 0 Å². The Labute approximate surface area is 43.4 Å². The van der Waals surface area contributed by atoms with Crippen LogP contribution in [0.5, 0.6) is 0 Å². The van der Waals surface area contributed by atoms with Crippen molar-refractivity contribution < 1.29 is 0 Å². The maximum Gasteiger partial charge on any atom is 0.0414 e. The summed E-state index contributed by atoms with van der Waals surface area (Å²) < 4.78 is 0. The first kappa shape index (κ1) is 6.43. The number of nitrogens with zero attached hydrogens (tertiary/aromatic N) is 1. The maximum atomic E-state index is 5.35. The van der Waals surface area contributed by atoms with E-state index in [2.05, 4.69) is 5.10 Å². The molecule has 0 radical (unpaired) electrons. The molecule has 0 aliphatic heterocycles. The number of hydrazone groups is 1. The smallest absolute Gasteiger partial charge is 0.0414 e. The van der Waals surface area contributed by atoms with Crippen molar-refractivity contribution >= 4 is 6.21 Å². The predicted octanol–water partition coefficient (Wildman–Crippen LogP) is -0.332. The minimum atomic E-state index is 0.0324. The van der Waals surface area contributed by atoms with E-state index >= 15 is 0 Å². The van der Waals surface area contributed by atoms with Gasteiger partial charge < -0.3 is 11.6 Å². The normalized spacial score (nSPS) is 15.1. The van der Waals surface area contributed by atoms with Crippen LogP contribution in [0.1, 0.15) is 13.3 Å². The van der Waals surface area contributed by atoms with Crippen molar-refractivity contribution in [1.29, 1.82) is 0 Å². The zero-order chi connectivity index (χ0) is 5.70. The topological polar surface area (TPSA) is 64.4 Å². The highest BCUT2D eigenvalue weighted by molar-refractivity contribution is 5.63. The lowest BCUT2D eigenvalue weighted by atomic mass is 10.3. The lowest BCUT2D eigenvalue weighted by molar-refractivity contribution is 0.830. The van der Waals surface area contributed by atoms with Gasteiger partial charge in [0.15, 0.2) is 0 Å². The Hall–Kier alpha value is -0.570. The summed E-state index contributed by atoms with van der Waals surface area (Å²) in [5.74, 6) is 4.79. The van der Waals surface area contributed by atoms with E-state index in [0.717, 1.165) is 6.42 Å². The summed E-state index contributed by atoms with van der Waals surface area (Å²) in [4.78, 5) is 0. The van der Waals surface area contributed by atoms with Crippen LogP contribution in [-0.4, -0.2) is 12.3 Å². The highest BCUT2D eigenvalue weighted by atomic mass is 15.1. The van der Waals surface area contributed by atoms with E-state index in [1.165, 1.54) is 6.21 Å². The van der Waals surface area contributed by atoms with Crippen molar-refractivity contribution in [2.24, 2.45) is 16.7 Å². The van der Waals surface area contributed by atoms with Gasteiger partial charge in [0.2, 0.25) is 0 Å². The molecule has 3 heteroatoms. The highest BCUT2D eigenvalue weighted by Gasteiger charge is 1.88. The summed E-state index contributed by atoms with van der Waals surface area (Å²) in [5.41, 5.74) is 5.35. The molecule has 42 valence electrons. The Bertz CT molecular complexity index is 60.0. The monoisotopic (exact) mass is 101 g/mol. The zero-order valence-corrected chi connectivity index (χ0v) is 4.46. The molecule has 0 bridgehead atoms. The van der Waals surface area contributed by atoms with Crippen LogP contribution in [-0.2, 0) is 0 Å². The van der Waals surface area contributed by atoms with Gasteiger partial charge in [-0.1, -0.05) is 6.92 Å². The van der Waals surface area contributed by atoms with E-state index < -0.39 is 0 Å². The molecule has 1 atom stereocenters. The van der Waals surface area contributed by atoms with Crippen LogP contribution in [0.25, 0.3) is 0 Å². The Morgan fingerprint density at radius 1 is 1.86 bits per heavy atom. The van der Waals surface area contributed by atoms with Crippen LogP contribution in [0.15, 0.2) is 5.10 Å².